The van der Waals surface area contributed by atoms with Gasteiger partial charge in [-0.1, -0.05) is 0 Å². The summed E-state index contributed by atoms with van der Waals surface area (Å²) < 4.78 is 6.83. The van der Waals surface area contributed by atoms with Crippen molar-refractivity contribution in [2.75, 3.05) is 5.32 Å². The van der Waals surface area contributed by atoms with Crippen LogP contribution in [0.25, 0.3) is 0 Å². The van der Waals surface area contributed by atoms with Gasteiger partial charge in [0.1, 0.15) is 11.3 Å². The summed E-state index contributed by atoms with van der Waals surface area (Å²) in [5, 5.41) is 2.62. The molecule has 6 nitrogen and oxygen atoms in total. The number of rotatable bonds is 3. The highest BCUT2D eigenvalue weighted by Gasteiger charge is 2.17. The van der Waals surface area contributed by atoms with Crippen LogP contribution in [0.5, 0.6) is 0 Å². The van der Waals surface area contributed by atoms with E-state index >= 15 is 0 Å². The van der Waals surface area contributed by atoms with Crippen molar-refractivity contribution in [3.05, 3.63) is 48.0 Å². The maximum Gasteiger partial charge on any atom is 0.412 e. The first-order chi connectivity index (χ1) is 10.3. The topological polar surface area (TPSA) is 73.2 Å². The van der Waals surface area contributed by atoms with Gasteiger partial charge >= 0.3 is 6.09 Å². The van der Waals surface area contributed by atoms with Crippen LogP contribution >= 0.6 is 0 Å². The molecule has 0 unspecified atom stereocenters. The molecule has 22 heavy (non-hydrogen) atoms. The average Bonchev–Trinajstić information content (AvgIpc) is 2.83. The average molecular weight is 301 g/mol. The summed E-state index contributed by atoms with van der Waals surface area (Å²) in [5.74, 6) is -0.121. The second-order valence-electron chi connectivity index (χ2n) is 5.92. The Morgan fingerprint density at radius 3 is 2.32 bits per heavy atom. The van der Waals surface area contributed by atoms with Crippen LogP contribution in [0.15, 0.2) is 36.8 Å². The van der Waals surface area contributed by atoms with Crippen LogP contribution in [0.1, 0.15) is 36.8 Å². The van der Waals surface area contributed by atoms with Crippen LogP contribution in [0, 0.1) is 0 Å². The lowest BCUT2D eigenvalue weighted by molar-refractivity contribution is 0.0636. The number of benzene rings is 1. The number of carbonyl (C=O) groups is 2. The maximum atomic E-state index is 12.3. The summed E-state index contributed by atoms with van der Waals surface area (Å²) in [6.07, 6.45) is 2.57. The number of nitrogens with zero attached hydrogens (tertiary/aromatic N) is 2. The quantitative estimate of drug-likeness (QED) is 0.884. The molecule has 0 radical (unpaired) electrons. The monoisotopic (exact) mass is 301 g/mol. The summed E-state index contributed by atoms with van der Waals surface area (Å²) >= 11 is 0. The van der Waals surface area contributed by atoms with Crippen LogP contribution in [0.2, 0.25) is 0 Å². The third-order valence-corrected chi connectivity index (χ3v) is 2.84. The number of amides is 1. The molecule has 0 aliphatic rings. The third kappa shape index (κ3) is 3.94. The molecule has 1 N–H and O–H groups in total. The zero-order valence-electron chi connectivity index (χ0n) is 13.1. The minimum Gasteiger partial charge on any atom is -0.444 e. The predicted molar refractivity (Wildman–Crippen MR) is 82.9 cm³/mol. The van der Waals surface area contributed by atoms with Gasteiger partial charge in [-0.15, -0.1) is 0 Å². The highest BCUT2D eigenvalue weighted by molar-refractivity contribution is 6.08. The Balaban J connectivity index is 2.06. The van der Waals surface area contributed by atoms with Gasteiger partial charge in [-0.25, -0.2) is 9.78 Å². The molecule has 1 aromatic heterocycles. The Morgan fingerprint density at radius 2 is 1.82 bits per heavy atom. The molecule has 116 valence electrons. The first-order valence-electron chi connectivity index (χ1n) is 6.87. The molecule has 0 spiro atoms. The molecule has 0 atom stereocenters. The van der Waals surface area contributed by atoms with Gasteiger partial charge < -0.3 is 9.30 Å². The minimum absolute atomic E-state index is 0.121. The van der Waals surface area contributed by atoms with Crippen molar-refractivity contribution in [1.29, 1.82) is 0 Å². The fourth-order valence-corrected chi connectivity index (χ4v) is 1.85. The fourth-order valence-electron chi connectivity index (χ4n) is 1.85. The Hall–Kier alpha value is -2.63. The number of aryl methyl sites for hydroxylation is 1. The van der Waals surface area contributed by atoms with Crippen molar-refractivity contribution >= 4 is 17.6 Å². The predicted octanol–water partition coefficient (Wildman–Crippen LogP) is 3.00. The van der Waals surface area contributed by atoms with Crippen LogP contribution in [-0.4, -0.2) is 27.0 Å². The molecule has 0 fully saturated rings. The zero-order chi connectivity index (χ0) is 16.3. The molecule has 0 aliphatic carbocycles. The van der Waals surface area contributed by atoms with E-state index in [4.69, 9.17) is 4.74 Å². The van der Waals surface area contributed by atoms with Crippen LogP contribution in [-0.2, 0) is 11.8 Å². The van der Waals surface area contributed by atoms with Crippen molar-refractivity contribution in [3.63, 3.8) is 0 Å². The Bertz CT molecular complexity index is 681. The SMILES string of the molecule is Cn1cncc1C(=O)c1ccc(NC(=O)OC(C)(C)C)cc1. The van der Waals surface area contributed by atoms with E-state index in [0.29, 0.717) is 16.9 Å². The van der Waals surface area contributed by atoms with Gasteiger partial charge in [0.15, 0.2) is 0 Å². The summed E-state index contributed by atoms with van der Waals surface area (Å²) in [5.41, 5.74) is 1.04. The van der Waals surface area contributed by atoms with Gasteiger partial charge in [0.2, 0.25) is 5.78 Å². The molecular formula is C16H19N3O3. The smallest absolute Gasteiger partial charge is 0.412 e. The van der Waals surface area contributed by atoms with Crippen molar-refractivity contribution in [2.24, 2.45) is 7.05 Å². The molecule has 1 heterocycles. The summed E-state index contributed by atoms with van der Waals surface area (Å²) in [4.78, 5) is 27.9. The number of aromatic nitrogens is 2. The van der Waals surface area contributed by atoms with Gasteiger partial charge in [-0.2, -0.15) is 0 Å². The Labute approximate surface area is 129 Å². The highest BCUT2D eigenvalue weighted by atomic mass is 16.6. The van der Waals surface area contributed by atoms with Gasteiger partial charge in [-0.3, -0.25) is 10.1 Å². The van der Waals surface area contributed by atoms with Crippen molar-refractivity contribution in [3.8, 4) is 0 Å². The second kappa shape index (κ2) is 6.01. The molecule has 0 saturated heterocycles. The largest absolute Gasteiger partial charge is 0.444 e. The van der Waals surface area contributed by atoms with E-state index in [9.17, 15) is 9.59 Å². The zero-order valence-corrected chi connectivity index (χ0v) is 13.1. The molecule has 2 rings (SSSR count). The normalized spacial score (nSPS) is 11.1. The molecule has 1 amide bonds. The summed E-state index contributed by atoms with van der Waals surface area (Å²) in [6, 6.07) is 6.63. The molecule has 1 aromatic carbocycles. The molecule has 0 aliphatic heterocycles. The van der Waals surface area contributed by atoms with Gasteiger partial charge in [0.05, 0.1) is 12.5 Å². The van der Waals surface area contributed by atoms with Crippen molar-refractivity contribution in [2.45, 2.75) is 26.4 Å². The fraction of sp³-hybridized carbons (Fsp3) is 0.312. The van der Waals surface area contributed by atoms with E-state index < -0.39 is 11.7 Å². The minimum atomic E-state index is -0.556. The maximum absolute atomic E-state index is 12.3. The number of hydrogen-bond donors (Lipinski definition) is 1. The lowest BCUT2D eigenvalue weighted by Gasteiger charge is -2.19. The third-order valence-electron chi connectivity index (χ3n) is 2.84. The lowest BCUT2D eigenvalue weighted by atomic mass is 10.1. The van der Waals surface area contributed by atoms with E-state index in [-0.39, 0.29) is 5.78 Å². The number of carbonyl (C=O) groups excluding carboxylic acids is 2. The Kier molecular flexibility index (Phi) is 4.30. The number of hydrogen-bond acceptors (Lipinski definition) is 4. The van der Waals surface area contributed by atoms with Gasteiger partial charge in [-0.05, 0) is 45.0 Å². The number of anilines is 1. The number of imidazole rings is 1. The summed E-state index contributed by atoms with van der Waals surface area (Å²) in [6.45, 7) is 5.38. The van der Waals surface area contributed by atoms with Crippen molar-refractivity contribution < 1.29 is 14.3 Å². The molecule has 6 heteroatoms. The van der Waals surface area contributed by atoms with E-state index in [1.54, 1.807) is 63.0 Å². The van der Waals surface area contributed by atoms with Crippen LogP contribution < -0.4 is 5.32 Å². The molecule has 0 saturated carbocycles. The van der Waals surface area contributed by atoms with Gasteiger partial charge in [0.25, 0.3) is 0 Å². The first kappa shape index (κ1) is 15.8. The standard InChI is InChI=1S/C16H19N3O3/c1-16(2,3)22-15(21)18-12-7-5-11(6-8-12)14(20)13-9-17-10-19(13)4/h5-10H,1-4H3,(H,18,21). The highest BCUT2D eigenvalue weighted by Crippen LogP contribution is 2.15. The van der Waals surface area contributed by atoms with E-state index in [2.05, 4.69) is 10.3 Å². The Morgan fingerprint density at radius 1 is 1.18 bits per heavy atom. The van der Waals surface area contributed by atoms with Crippen molar-refractivity contribution in [1.82, 2.24) is 9.55 Å². The number of ketones is 1. The number of nitrogens with one attached hydrogen (secondary N) is 1. The van der Waals surface area contributed by atoms with E-state index in [1.165, 1.54) is 6.20 Å². The van der Waals surface area contributed by atoms with Crippen LogP contribution in [0.3, 0.4) is 0 Å². The molecular weight excluding hydrogens is 282 g/mol. The summed E-state index contributed by atoms with van der Waals surface area (Å²) in [7, 11) is 1.76. The molecule has 0 bridgehead atoms. The van der Waals surface area contributed by atoms with Gasteiger partial charge in [0, 0.05) is 18.3 Å². The van der Waals surface area contributed by atoms with E-state index in [1.807, 2.05) is 0 Å². The van der Waals surface area contributed by atoms with Crippen LogP contribution in [0.4, 0.5) is 10.5 Å². The van der Waals surface area contributed by atoms with E-state index in [0.717, 1.165) is 0 Å². The molecule has 2 aromatic rings. The first-order valence-corrected chi connectivity index (χ1v) is 6.87. The number of ether oxygens (including phenoxy) is 1. The second-order valence-corrected chi connectivity index (χ2v) is 5.92. The lowest BCUT2D eigenvalue weighted by Crippen LogP contribution is -2.27.